The molecule has 0 spiro atoms. The molecule has 128 valence electrons. The molecule has 0 fully saturated rings. The molecular weight excluding hydrogens is 308 g/mol. The summed E-state index contributed by atoms with van der Waals surface area (Å²) in [4.78, 5) is 2.44. The fourth-order valence-electron chi connectivity index (χ4n) is 1.55. The Hall–Kier alpha value is -2.04. The summed E-state index contributed by atoms with van der Waals surface area (Å²) in [5.74, 6) is 6.28. The summed E-state index contributed by atoms with van der Waals surface area (Å²) in [6, 6.07) is 14.2. The summed E-state index contributed by atoms with van der Waals surface area (Å²) in [7, 11) is 0. The van der Waals surface area contributed by atoms with Gasteiger partial charge >= 0.3 is 0 Å². The molecular formula is C23H30S. The van der Waals surface area contributed by atoms with Crippen molar-refractivity contribution in [1.82, 2.24) is 0 Å². The highest BCUT2D eigenvalue weighted by Gasteiger charge is 1.90. The number of thiophene rings is 1. The maximum absolute atomic E-state index is 3.15. The van der Waals surface area contributed by atoms with Crippen molar-refractivity contribution in [3.8, 4) is 11.8 Å². The van der Waals surface area contributed by atoms with Crippen molar-refractivity contribution >= 4 is 11.3 Å². The van der Waals surface area contributed by atoms with Crippen LogP contribution in [0.1, 0.15) is 55.9 Å². The second-order valence-corrected chi connectivity index (χ2v) is 6.11. The normalized spacial score (nSPS) is 10.0. The van der Waals surface area contributed by atoms with E-state index in [0.29, 0.717) is 0 Å². The Labute approximate surface area is 153 Å². The van der Waals surface area contributed by atoms with Gasteiger partial charge in [-0.3, -0.25) is 0 Å². The molecule has 1 aromatic carbocycles. The van der Waals surface area contributed by atoms with E-state index in [1.165, 1.54) is 11.3 Å². The highest BCUT2D eigenvalue weighted by atomic mass is 32.1. The molecule has 0 radical (unpaired) electrons. The lowest BCUT2D eigenvalue weighted by Gasteiger charge is -1.85. The predicted octanol–water partition coefficient (Wildman–Crippen LogP) is 7.40. The highest BCUT2D eigenvalue weighted by Crippen LogP contribution is 2.13. The highest BCUT2D eigenvalue weighted by molar-refractivity contribution is 7.12. The molecule has 1 aliphatic carbocycles. The Bertz CT molecular complexity index is 623. The van der Waals surface area contributed by atoms with Crippen molar-refractivity contribution in [2.75, 3.05) is 0 Å². The molecule has 0 saturated carbocycles. The molecule has 0 N–H and O–H groups in total. The van der Waals surface area contributed by atoms with Crippen LogP contribution in [0.25, 0.3) is 0 Å². The first-order valence-corrected chi connectivity index (χ1v) is 9.53. The van der Waals surface area contributed by atoms with Crippen LogP contribution in [0.4, 0.5) is 0 Å². The van der Waals surface area contributed by atoms with Crippen LogP contribution in [0.3, 0.4) is 0 Å². The molecule has 2 aromatic rings. The summed E-state index contributed by atoms with van der Waals surface area (Å²) in [6.07, 6.45) is 10.8. The monoisotopic (exact) mass is 338 g/mol. The van der Waals surface area contributed by atoms with E-state index >= 15 is 0 Å². The number of aryl methyl sites for hydroxylation is 1. The van der Waals surface area contributed by atoms with Crippen molar-refractivity contribution in [2.24, 2.45) is 0 Å². The minimum atomic E-state index is 1.07. The Morgan fingerprint density at radius 2 is 1.46 bits per heavy atom. The van der Waals surface area contributed by atoms with Gasteiger partial charge in [-0.2, -0.15) is 0 Å². The summed E-state index contributed by atoms with van der Waals surface area (Å²) < 4.78 is 0. The second kappa shape index (κ2) is 15.8. The zero-order chi connectivity index (χ0) is 18.0. The van der Waals surface area contributed by atoms with Gasteiger partial charge in [-0.05, 0) is 37.6 Å². The van der Waals surface area contributed by atoms with E-state index in [-0.39, 0.29) is 0 Å². The van der Waals surface area contributed by atoms with Crippen LogP contribution in [-0.2, 0) is 0 Å². The van der Waals surface area contributed by atoms with Crippen molar-refractivity contribution in [3.05, 3.63) is 82.1 Å². The Kier molecular flexibility index (Phi) is 14.5. The van der Waals surface area contributed by atoms with Crippen LogP contribution in [0.5, 0.6) is 0 Å². The van der Waals surface area contributed by atoms with Crippen LogP contribution in [0, 0.1) is 18.8 Å². The quantitative estimate of drug-likeness (QED) is 0.439. The van der Waals surface area contributed by atoms with Gasteiger partial charge in [0.15, 0.2) is 0 Å². The third-order valence-electron chi connectivity index (χ3n) is 2.50. The fourth-order valence-corrected chi connectivity index (χ4v) is 2.27. The SMILES string of the molecule is C1=CCC=C1.CC.CCC.Cc1ccc(C#Cc2ccccc2)s1. The molecule has 24 heavy (non-hydrogen) atoms. The molecule has 0 atom stereocenters. The number of rotatable bonds is 0. The number of allylic oxidation sites excluding steroid dienone is 4. The molecule has 0 saturated heterocycles. The number of benzene rings is 1. The van der Waals surface area contributed by atoms with Gasteiger partial charge < -0.3 is 0 Å². The van der Waals surface area contributed by atoms with Crippen LogP contribution in [0.2, 0.25) is 0 Å². The van der Waals surface area contributed by atoms with Gasteiger partial charge in [-0.15, -0.1) is 11.3 Å². The van der Waals surface area contributed by atoms with Crippen LogP contribution in [-0.4, -0.2) is 0 Å². The lowest BCUT2D eigenvalue weighted by atomic mass is 10.2. The van der Waals surface area contributed by atoms with Gasteiger partial charge in [0.05, 0.1) is 4.88 Å². The van der Waals surface area contributed by atoms with E-state index in [1.54, 1.807) is 11.3 Å². The summed E-state index contributed by atoms with van der Waals surface area (Å²) in [6.45, 7) is 10.3. The summed E-state index contributed by atoms with van der Waals surface area (Å²) in [5.41, 5.74) is 1.07. The Morgan fingerprint density at radius 3 is 1.88 bits per heavy atom. The standard InChI is InChI=1S/C13H10S.C5H6.C3H8.C2H6/c1-11-7-9-13(14-11)10-8-12-5-3-2-4-6-12;1-2-4-5-3-1;1-3-2;1-2/h2-7,9H,1H3;1-4H,5H2;3H2,1-2H3;1-2H3. The first-order chi connectivity index (χ1) is 11.8. The molecule has 1 heterocycles. The third kappa shape index (κ3) is 11.5. The van der Waals surface area contributed by atoms with Crippen molar-refractivity contribution in [2.45, 2.75) is 47.5 Å². The lowest BCUT2D eigenvalue weighted by molar-refractivity contribution is 1.09. The zero-order valence-corrected chi connectivity index (χ0v) is 16.5. The first kappa shape index (κ1) is 22.0. The van der Waals surface area contributed by atoms with E-state index in [0.717, 1.165) is 16.9 Å². The number of hydrogen-bond donors (Lipinski definition) is 0. The number of hydrogen-bond acceptors (Lipinski definition) is 1. The maximum atomic E-state index is 3.15. The minimum Gasteiger partial charge on any atom is -0.132 e. The largest absolute Gasteiger partial charge is 0.132 e. The van der Waals surface area contributed by atoms with Gasteiger partial charge in [0.1, 0.15) is 0 Å². The van der Waals surface area contributed by atoms with Crippen molar-refractivity contribution < 1.29 is 0 Å². The van der Waals surface area contributed by atoms with Gasteiger partial charge in [-0.1, -0.05) is 88.5 Å². The van der Waals surface area contributed by atoms with E-state index in [9.17, 15) is 0 Å². The van der Waals surface area contributed by atoms with Gasteiger partial charge in [-0.25, -0.2) is 0 Å². The van der Waals surface area contributed by atoms with E-state index in [2.05, 4.69) is 69.0 Å². The van der Waals surface area contributed by atoms with Gasteiger partial charge in [0.2, 0.25) is 0 Å². The smallest absolute Gasteiger partial charge is 0.0775 e. The van der Waals surface area contributed by atoms with Gasteiger partial charge in [0.25, 0.3) is 0 Å². The van der Waals surface area contributed by atoms with Crippen molar-refractivity contribution in [3.63, 3.8) is 0 Å². The minimum absolute atomic E-state index is 1.07. The molecule has 0 nitrogen and oxygen atoms in total. The average molecular weight is 339 g/mol. The van der Waals surface area contributed by atoms with Crippen molar-refractivity contribution in [1.29, 1.82) is 0 Å². The first-order valence-electron chi connectivity index (χ1n) is 8.71. The zero-order valence-electron chi connectivity index (χ0n) is 15.7. The predicted molar refractivity (Wildman–Crippen MR) is 112 cm³/mol. The molecule has 0 bridgehead atoms. The molecule has 1 aliphatic rings. The van der Waals surface area contributed by atoms with E-state index in [1.807, 2.05) is 44.2 Å². The van der Waals surface area contributed by atoms with Crippen LogP contribution < -0.4 is 0 Å². The molecule has 0 amide bonds. The molecule has 1 aromatic heterocycles. The van der Waals surface area contributed by atoms with E-state index in [4.69, 9.17) is 0 Å². The summed E-state index contributed by atoms with van der Waals surface area (Å²) >= 11 is 1.73. The molecule has 1 heteroatoms. The average Bonchev–Trinajstić information content (AvgIpc) is 3.31. The molecule has 0 unspecified atom stereocenters. The Morgan fingerprint density at radius 1 is 0.875 bits per heavy atom. The van der Waals surface area contributed by atoms with Crippen LogP contribution in [0.15, 0.2) is 66.8 Å². The fraction of sp³-hybridized carbons (Fsp3) is 0.304. The van der Waals surface area contributed by atoms with Gasteiger partial charge in [0, 0.05) is 10.4 Å². The molecule has 0 aliphatic heterocycles. The second-order valence-electron chi connectivity index (χ2n) is 4.83. The maximum Gasteiger partial charge on any atom is 0.0775 e. The van der Waals surface area contributed by atoms with E-state index < -0.39 is 0 Å². The topological polar surface area (TPSA) is 0 Å². The Balaban J connectivity index is 0.000000438. The lowest BCUT2D eigenvalue weighted by Crippen LogP contribution is -1.70. The summed E-state index contributed by atoms with van der Waals surface area (Å²) in [5, 5.41) is 0. The molecule has 3 rings (SSSR count). The third-order valence-corrected chi connectivity index (χ3v) is 3.42. The van der Waals surface area contributed by atoms with Crippen LogP contribution >= 0.6 is 11.3 Å².